The SMILES string of the molecule is CC(=O)c1ccc(Nc2ccnc(Nc3ccc(C)c(Cl)c3)n2)cc1. The lowest BCUT2D eigenvalue weighted by Gasteiger charge is -2.09. The number of nitrogens with zero attached hydrogens (tertiary/aromatic N) is 2. The lowest BCUT2D eigenvalue weighted by molar-refractivity contribution is 0.101. The standard InChI is InChI=1S/C19H17ClN4O/c1-12-3-6-16(11-17(12)20)23-19-21-10-9-18(24-19)22-15-7-4-14(5-8-15)13(2)25/h3-11H,1-2H3,(H2,21,22,23,24). The number of carbonyl (C=O) groups excluding carboxylic acids is 1. The number of Topliss-reactive ketones (excluding diaryl/α,β-unsaturated/α-hetero) is 1. The molecular weight excluding hydrogens is 336 g/mol. The van der Waals surface area contributed by atoms with E-state index < -0.39 is 0 Å². The molecule has 0 saturated carbocycles. The topological polar surface area (TPSA) is 66.9 Å². The van der Waals surface area contributed by atoms with Crippen LogP contribution >= 0.6 is 11.6 Å². The summed E-state index contributed by atoms with van der Waals surface area (Å²) < 4.78 is 0. The minimum atomic E-state index is 0.0387. The minimum Gasteiger partial charge on any atom is -0.340 e. The van der Waals surface area contributed by atoms with Gasteiger partial charge in [0, 0.05) is 28.2 Å². The van der Waals surface area contributed by atoms with Crippen LogP contribution in [-0.2, 0) is 0 Å². The summed E-state index contributed by atoms with van der Waals surface area (Å²) in [5.74, 6) is 1.15. The van der Waals surface area contributed by atoms with Crippen LogP contribution in [0.4, 0.5) is 23.1 Å². The molecule has 0 aliphatic heterocycles. The normalized spacial score (nSPS) is 10.4. The van der Waals surface area contributed by atoms with Crippen LogP contribution in [0.1, 0.15) is 22.8 Å². The van der Waals surface area contributed by atoms with Gasteiger partial charge in [-0.05, 0) is 61.9 Å². The summed E-state index contributed by atoms with van der Waals surface area (Å²) in [5, 5.41) is 7.00. The van der Waals surface area contributed by atoms with Crippen LogP contribution in [0.3, 0.4) is 0 Å². The molecule has 25 heavy (non-hydrogen) atoms. The number of halogens is 1. The van der Waals surface area contributed by atoms with E-state index in [2.05, 4.69) is 20.6 Å². The van der Waals surface area contributed by atoms with Crippen molar-refractivity contribution in [2.75, 3.05) is 10.6 Å². The Kier molecular flexibility index (Phi) is 4.95. The van der Waals surface area contributed by atoms with Gasteiger partial charge in [-0.3, -0.25) is 4.79 Å². The van der Waals surface area contributed by atoms with Gasteiger partial charge in [-0.25, -0.2) is 4.98 Å². The first-order valence-electron chi connectivity index (χ1n) is 7.75. The van der Waals surface area contributed by atoms with Crippen LogP contribution in [0.25, 0.3) is 0 Å². The van der Waals surface area contributed by atoms with Crippen molar-refractivity contribution in [3.8, 4) is 0 Å². The molecule has 2 N–H and O–H groups in total. The molecule has 1 heterocycles. The van der Waals surface area contributed by atoms with E-state index in [0.29, 0.717) is 22.4 Å². The Morgan fingerprint density at radius 3 is 2.40 bits per heavy atom. The molecule has 5 nitrogen and oxygen atoms in total. The van der Waals surface area contributed by atoms with E-state index in [0.717, 1.165) is 16.9 Å². The van der Waals surface area contributed by atoms with Crippen molar-refractivity contribution in [1.29, 1.82) is 0 Å². The third-order valence-corrected chi connectivity index (χ3v) is 4.05. The first-order chi connectivity index (χ1) is 12.0. The zero-order valence-electron chi connectivity index (χ0n) is 13.9. The van der Waals surface area contributed by atoms with E-state index in [1.807, 2.05) is 37.3 Å². The third kappa shape index (κ3) is 4.33. The van der Waals surface area contributed by atoms with Gasteiger partial charge in [-0.1, -0.05) is 17.7 Å². The molecular formula is C19H17ClN4O. The van der Waals surface area contributed by atoms with Crippen molar-refractivity contribution < 1.29 is 4.79 Å². The Bertz CT molecular complexity index is 910. The lowest BCUT2D eigenvalue weighted by Crippen LogP contribution is -2.01. The monoisotopic (exact) mass is 352 g/mol. The van der Waals surface area contributed by atoms with Crippen LogP contribution in [0.2, 0.25) is 5.02 Å². The highest BCUT2D eigenvalue weighted by Gasteiger charge is 2.04. The number of carbonyl (C=O) groups is 1. The minimum absolute atomic E-state index is 0.0387. The predicted molar refractivity (Wildman–Crippen MR) is 101 cm³/mol. The average molecular weight is 353 g/mol. The van der Waals surface area contributed by atoms with Gasteiger partial charge in [-0.15, -0.1) is 0 Å². The average Bonchev–Trinajstić information content (AvgIpc) is 2.59. The first kappa shape index (κ1) is 16.9. The number of nitrogens with one attached hydrogen (secondary N) is 2. The molecule has 0 spiro atoms. The fourth-order valence-corrected chi connectivity index (χ4v) is 2.40. The number of aromatic nitrogens is 2. The molecule has 0 fully saturated rings. The Hall–Kier alpha value is -2.92. The van der Waals surface area contributed by atoms with Gasteiger partial charge in [0.2, 0.25) is 5.95 Å². The molecule has 0 aliphatic carbocycles. The molecule has 0 aliphatic rings. The summed E-state index contributed by atoms with van der Waals surface area (Å²) in [6.07, 6.45) is 1.66. The van der Waals surface area contributed by atoms with E-state index in [1.165, 1.54) is 0 Å². The molecule has 0 radical (unpaired) electrons. The smallest absolute Gasteiger partial charge is 0.229 e. The van der Waals surface area contributed by atoms with Gasteiger partial charge in [0.05, 0.1) is 0 Å². The van der Waals surface area contributed by atoms with Crippen LogP contribution < -0.4 is 10.6 Å². The molecule has 1 aromatic heterocycles. The molecule has 0 bridgehead atoms. The Morgan fingerprint density at radius 2 is 1.72 bits per heavy atom. The third-order valence-electron chi connectivity index (χ3n) is 3.65. The number of rotatable bonds is 5. The van der Waals surface area contributed by atoms with Crippen LogP contribution in [0.5, 0.6) is 0 Å². The highest BCUT2D eigenvalue weighted by atomic mass is 35.5. The molecule has 0 atom stereocenters. The van der Waals surface area contributed by atoms with E-state index in [9.17, 15) is 4.79 Å². The van der Waals surface area contributed by atoms with Gasteiger partial charge in [-0.2, -0.15) is 4.98 Å². The zero-order valence-corrected chi connectivity index (χ0v) is 14.6. The summed E-state index contributed by atoms with van der Waals surface area (Å²) in [5.41, 5.74) is 3.34. The van der Waals surface area contributed by atoms with Gasteiger partial charge in [0.1, 0.15) is 5.82 Å². The zero-order chi connectivity index (χ0) is 17.8. The van der Waals surface area contributed by atoms with Crippen molar-refractivity contribution in [1.82, 2.24) is 9.97 Å². The largest absolute Gasteiger partial charge is 0.340 e. The van der Waals surface area contributed by atoms with Crippen molar-refractivity contribution >= 4 is 40.5 Å². The molecule has 126 valence electrons. The van der Waals surface area contributed by atoms with Crippen LogP contribution in [0, 0.1) is 6.92 Å². The predicted octanol–water partition coefficient (Wildman–Crippen LogP) is 5.13. The summed E-state index contributed by atoms with van der Waals surface area (Å²) in [6, 6.07) is 14.7. The Balaban J connectivity index is 1.74. The first-order valence-corrected chi connectivity index (χ1v) is 8.13. The number of hydrogen-bond acceptors (Lipinski definition) is 5. The molecule has 3 aromatic rings. The van der Waals surface area contributed by atoms with E-state index in [-0.39, 0.29) is 5.78 Å². The van der Waals surface area contributed by atoms with E-state index in [4.69, 9.17) is 11.6 Å². The number of hydrogen-bond donors (Lipinski definition) is 2. The Morgan fingerprint density at radius 1 is 1.00 bits per heavy atom. The highest BCUT2D eigenvalue weighted by molar-refractivity contribution is 6.31. The quantitative estimate of drug-likeness (QED) is 0.623. The van der Waals surface area contributed by atoms with Gasteiger partial charge < -0.3 is 10.6 Å². The maximum absolute atomic E-state index is 11.3. The maximum atomic E-state index is 11.3. The second kappa shape index (κ2) is 7.32. The summed E-state index contributed by atoms with van der Waals surface area (Å²) in [4.78, 5) is 20.0. The number of aryl methyl sites for hydroxylation is 1. The number of anilines is 4. The van der Waals surface area contributed by atoms with Crippen molar-refractivity contribution in [3.63, 3.8) is 0 Å². The second-order valence-electron chi connectivity index (χ2n) is 5.61. The van der Waals surface area contributed by atoms with Crippen LogP contribution in [0.15, 0.2) is 54.7 Å². The van der Waals surface area contributed by atoms with Crippen molar-refractivity contribution in [2.45, 2.75) is 13.8 Å². The fraction of sp³-hybridized carbons (Fsp3) is 0.105. The van der Waals surface area contributed by atoms with Crippen LogP contribution in [-0.4, -0.2) is 15.8 Å². The maximum Gasteiger partial charge on any atom is 0.229 e. The summed E-state index contributed by atoms with van der Waals surface area (Å²) in [7, 11) is 0. The van der Waals surface area contributed by atoms with Crippen molar-refractivity contribution in [3.05, 3.63) is 70.9 Å². The second-order valence-corrected chi connectivity index (χ2v) is 6.02. The van der Waals surface area contributed by atoms with Crippen molar-refractivity contribution in [2.24, 2.45) is 0 Å². The summed E-state index contributed by atoms with van der Waals surface area (Å²) in [6.45, 7) is 3.49. The van der Waals surface area contributed by atoms with Gasteiger partial charge in [0.25, 0.3) is 0 Å². The molecule has 2 aromatic carbocycles. The molecule has 0 saturated heterocycles. The fourth-order valence-electron chi connectivity index (χ4n) is 2.22. The van der Waals surface area contributed by atoms with E-state index >= 15 is 0 Å². The highest BCUT2D eigenvalue weighted by Crippen LogP contribution is 2.23. The lowest BCUT2D eigenvalue weighted by atomic mass is 10.1. The molecule has 0 unspecified atom stereocenters. The molecule has 6 heteroatoms. The van der Waals surface area contributed by atoms with Gasteiger partial charge in [0.15, 0.2) is 5.78 Å². The van der Waals surface area contributed by atoms with E-state index in [1.54, 1.807) is 31.3 Å². The molecule has 3 rings (SSSR count). The molecule has 0 amide bonds. The summed E-state index contributed by atoms with van der Waals surface area (Å²) >= 11 is 6.14. The number of benzene rings is 2. The number of ketones is 1. The Labute approximate surface area is 151 Å². The van der Waals surface area contributed by atoms with Gasteiger partial charge >= 0.3 is 0 Å².